The van der Waals surface area contributed by atoms with Crippen LogP contribution in [0.3, 0.4) is 0 Å². The van der Waals surface area contributed by atoms with Gasteiger partial charge in [0.1, 0.15) is 0 Å². The Morgan fingerprint density at radius 1 is 1.37 bits per heavy atom. The summed E-state index contributed by atoms with van der Waals surface area (Å²) in [4.78, 5) is 24.4. The van der Waals surface area contributed by atoms with Crippen molar-refractivity contribution in [2.24, 2.45) is 5.92 Å². The van der Waals surface area contributed by atoms with Crippen LogP contribution in [0.5, 0.6) is 0 Å². The molecule has 0 saturated carbocycles. The number of carboxylic acid groups (broad SMARTS) is 1. The van der Waals surface area contributed by atoms with E-state index in [-0.39, 0.29) is 12.6 Å². The summed E-state index contributed by atoms with van der Waals surface area (Å²) in [6.07, 6.45) is 0. The van der Waals surface area contributed by atoms with Gasteiger partial charge in [-0.25, -0.2) is 4.79 Å². The van der Waals surface area contributed by atoms with E-state index in [0.29, 0.717) is 6.54 Å². The normalized spacial score (nSPS) is 11.7. The van der Waals surface area contributed by atoms with Gasteiger partial charge in [0.15, 0.2) is 0 Å². The van der Waals surface area contributed by atoms with Crippen LogP contribution in [0.1, 0.15) is 19.4 Å². The monoisotopic (exact) mass is 264 g/mol. The minimum absolute atomic E-state index is 0.198. The van der Waals surface area contributed by atoms with E-state index in [1.807, 2.05) is 38.1 Å². The molecule has 0 aliphatic carbocycles. The maximum absolute atomic E-state index is 12.1. The molecule has 1 atom stereocenters. The van der Waals surface area contributed by atoms with Gasteiger partial charge < -0.3 is 15.3 Å². The smallest absolute Gasteiger partial charge is 0.321 e. The van der Waals surface area contributed by atoms with Gasteiger partial charge in [0.05, 0.1) is 5.92 Å². The topological polar surface area (TPSA) is 69.6 Å². The molecule has 5 heteroatoms. The van der Waals surface area contributed by atoms with Crippen molar-refractivity contribution in [1.82, 2.24) is 4.90 Å². The molecule has 1 unspecified atom stereocenters. The first kappa shape index (κ1) is 15.0. The lowest BCUT2D eigenvalue weighted by atomic mass is 10.1. The van der Waals surface area contributed by atoms with Crippen molar-refractivity contribution in [3.63, 3.8) is 0 Å². The first-order valence-electron chi connectivity index (χ1n) is 6.30. The number of aryl methyl sites for hydroxylation is 1. The molecule has 2 N–H and O–H groups in total. The first-order valence-corrected chi connectivity index (χ1v) is 6.30. The summed E-state index contributed by atoms with van der Waals surface area (Å²) >= 11 is 0. The molecule has 2 amide bonds. The quantitative estimate of drug-likeness (QED) is 0.858. The Morgan fingerprint density at radius 3 is 2.53 bits per heavy atom. The predicted molar refractivity (Wildman–Crippen MR) is 74.2 cm³/mol. The van der Waals surface area contributed by atoms with Crippen LogP contribution in [0, 0.1) is 12.8 Å². The zero-order valence-corrected chi connectivity index (χ0v) is 11.5. The average Bonchev–Trinajstić information content (AvgIpc) is 2.38. The number of carbonyl (C=O) groups excluding carboxylic acids is 1. The van der Waals surface area contributed by atoms with E-state index >= 15 is 0 Å². The maximum atomic E-state index is 12.1. The molecular weight excluding hydrogens is 244 g/mol. The molecule has 104 valence electrons. The number of hydrogen-bond acceptors (Lipinski definition) is 2. The summed E-state index contributed by atoms with van der Waals surface area (Å²) in [6, 6.07) is 7.20. The van der Waals surface area contributed by atoms with Gasteiger partial charge in [-0.3, -0.25) is 4.79 Å². The highest BCUT2D eigenvalue weighted by atomic mass is 16.4. The minimum atomic E-state index is -0.901. The third-order valence-corrected chi connectivity index (χ3v) is 2.97. The third kappa shape index (κ3) is 4.28. The molecule has 5 nitrogen and oxygen atoms in total. The Bertz CT molecular complexity index is 460. The van der Waals surface area contributed by atoms with E-state index < -0.39 is 11.9 Å². The number of carbonyl (C=O) groups is 2. The van der Waals surface area contributed by atoms with Crippen LogP contribution in [0.2, 0.25) is 0 Å². The predicted octanol–water partition coefficient (Wildman–Crippen LogP) is 2.57. The number of amides is 2. The molecule has 19 heavy (non-hydrogen) atoms. The fraction of sp³-hybridized carbons (Fsp3) is 0.429. The molecule has 1 rings (SSSR count). The molecule has 1 aromatic carbocycles. The molecule has 0 fully saturated rings. The minimum Gasteiger partial charge on any atom is -0.481 e. The fourth-order valence-electron chi connectivity index (χ4n) is 1.67. The summed E-state index contributed by atoms with van der Waals surface area (Å²) in [6.45, 7) is 5.99. The summed E-state index contributed by atoms with van der Waals surface area (Å²) in [5.41, 5.74) is 1.71. The molecule has 0 aliphatic rings. The second kappa shape index (κ2) is 6.78. The van der Waals surface area contributed by atoms with E-state index in [0.717, 1.165) is 11.3 Å². The van der Waals surface area contributed by atoms with Gasteiger partial charge in [-0.15, -0.1) is 0 Å². The SMILES string of the molecule is CCN(CC(C)C(=O)O)C(=O)Nc1ccccc1C. The number of aliphatic carboxylic acids is 1. The van der Waals surface area contributed by atoms with Crippen LogP contribution in [0.25, 0.3) is 0 Å². The molecule has 0 radical (unpaired) electrons. The lowest BCUT2D eigenvalue weighted by Gasteiger charge is -2.23. The first-order chi connectivity index (χ1) is 8.95. The largest absolute Gasteiger partial charge is 0.481 e. The Kier molecular flexibility index (Phi) is 5.36. The van der Waals surface area contributed by atoms with E-state index in [1.165, 1.54) is 4.90 Å². The van der Waals surface area contributed by atoms with Gasteiger partial charge in [-0.1, -0.05) is 25.1 Å². The van der Waals surface area contributed by atoms with Gasteiger partial charge in [-0.05, 0) is 25.5 Å². The van der Waals surface area contributed by atoms with Crippen LogP contribution in [0.15, 0.2) is 24.3 Å². The lowest BCUT2D eigenvalue weighted by molar-refractivity contribution is -0.141. The Balaban J connectivity index is 2.69. The van der Waals surface area contributed by atoms with Gasteiger partial charge in [-0.2, -0.15) is 0 Å². The Morgan fingerprint density at radius 2 is 2.00 bits per heavy atom. The second-order valence-corrected chi connectivity index (χ2v) is 4.52. The molecule has 0 aliphatic heterocycles. The molecule has 0 saturated heterocycles. The van der Waals surface area contributed by atoms with Crippen LogP contribution >= 0.6 is 0 Å². The second-order valence-electron chi connectivity index (χ2n) is 4.52. The average molecular weight is 264 g/mol. The van der Waals surface area contributed by atoms with Crippen LogP contribution < -0.4 is 5.32 Å². The van der Waals surface area contributed by atoms with Gasteiger partial charge in [0.25, 0.3) is 0 Å². The van der Waals surface area contributed by atoms with Crippen molar-refractivity contribution < 1.29 is 14.7 Å². The Hall–Kier alpha value is -2.04. The highest BCUT2D eigenvalue weighted by molar-refractivity contribution is 5.90. The van der Waals surface area contributed by atoms with Crippen molar-refractivity contribution in [3.05, 3.63) is 29.8 Å². The summed E-state index contributed by atoms with van der Waals surface area (Å²) in [5, 5.41) is 11.7. The standard InChI is InChI=1S/C14H20N2O3/c1-4-16(9-11(3)13(17)18)14(19)15-12-8-6-5-7-10(12)2/h5-8,11H,4,9H2,1-3H3,(H,15,19)(H,17,18). The number of nitrogens with one attached hydrogen (secondary N) is 1. The number of carboxylic acids is 1. The van der Waals surface area contributed by atoms with Crippen molar-refractivity contribution in [2.45, 2.75) is 20.8 Å². The molecular formula is C14H20N2O3. The lowest BCUT2D eigenvalue weighted by Crippen LogP contribution is -2.39. The van der Waals surface area contributed by atoms with Crippen LogP contribution in [-0.4, -0.2) is 35.1 Å². The Labute approximate surface area is 113 Å². The third-order valence-electron chi connectivity index (χ3n) is 2.97. The van der Waals surface area contributed by atoms with E-state index in [1.54, 1.807) is 6.92 Å². The van der Waals surface area contributed by atoms with Crippen molar-refractivity contribution in [1.29, 1.82) is 0 Å². The molecule has 1 aromatic rings. The van der Waals surface area contributed by atoms with Gasteiger partial charge >= 0.3 is 12.0 Å². The molecule has 0 aromatic heterocycles. The van der Waals surface area contributed by atoms with Gasteiger partial charge in [0, 0.05) is 18.8 Å². The van der Waals surface area contributed by atoms with E-state index in [4.69, 9.17) is 5.11 Å². The number of urea groups is 1. The highest BCUT2D eigenvalue weighted by Gasteiger charge is 2.19. The summed E-state index contributed by atoms with van der Waals surface area (Å²) in [5.74, 6) is -1.48. The van der Waals surface area contributed by atoms with Crippen LogP contribution in [-0.2, 0) is 4.79 Å². The maximum Gasteiger partial charge on any atom is 0.321 e. The number of anilines is 1. The summed E-state index contributed by atoms with van der Waals surface area (Å²) < 4.78 is 0. The van der Waals surface area contributed by atoms with E-state index in [2.05, 4.69) is 5.32 Å². The zero-order chi connectivity index (χ0) is 14.4. The number of benzene rings is 1. The van der Waals surface area contributed by atoms with Crippen molar-refractivity contribution in [2.75, 3.05) is 18.4 Å². The van der Waals surface area contributed by atoms with Crippen molar-refractivity contribution >= 4 is 17.7 Å². The van der Waals surface area contributed by atoms with E-state index in [9.17, 15) is 9.59 Å². The molecule has 0 heterocycles. The highest BCUT2D eigenvalue weighted by Crippen LogP contribution is 2.14. The zero-order valence-electron chi connectivity index (χ0n) is 11.5. The summed E-state index contributed by atoms with van der Waals surface area (Å²) in [7, 11) is 0. The van der Waals surface area contributed by atoms with Crippen molar-refractivity contribution in [3.8, 4) is 0 Å². The molecule has 0 spiro atoms. The fourth-order valence-corrected chi connectivity index (χ4v) is 1.67. The molecule has 0 bridgehead atoms. The number of nitrogens with zero attached hydrogens (tertiary/aromatic N) is 1. The number of hydrogen-bond donors (Lipinski definition) is 2. The van der Waals surface area contributed by atoms with Gasteiger partial charge in [0.2, 0.25) is 0 Å². The number of rotatable bonds is 5. The number of para-hydroxylation sites is 1. The van der Waals surface area contributed by atoms with Crippen LogP contribution in [0.4, 0.5) is 10.5 Å².